The Kier molecular flexibility index (Phi) is 4.74. The molecule has 3 fully saturated rings. The highest BCUT2D eigenvalue weighted by Gasteiger charge is 2.80. The van der Waals surface area contributed by atoms with E-state index in [4.69, 9.17) is 21.1 Å². The lowest BCUT2D eigenvalue weighted by Gasteiger charge is -2.43. The fraction of sp³-hybridized carbons (Fsp3) is 0.333. The molecule has 7 aliphatic rings. The van der Waals surface area contributed by atoms with E-state index in [1.54, 1.807) is 0 Å². The highest BCUT2D eigenvalue weighted by atomic mass is 35.5. The second-order valence-corrected chi connectivity index (χ2v) is 12.5. The van der Waals surface area contributed by atoms with Gasteiger partial charge in [0.05, 0.1) is 38.6 Å². The van der Waals surface area contributed by atoms with Crippen molar-refractivity contribution < 1.29 is 64.4 Å². The number of rotatable bonds is 1. The minimum Gasteiger partial charge on any atom is -0.507 e. The zero-order chi connectivity index (χ0) is 31.6. The Morgan fingerprint density at radius 2 is 1.61 bits per heavy atom. The lowest BCUT2D eigenvalue weighted by atomic mass is 9.56. The van der Waals surface area contributed by atoms with Crippen molar-refractivity contribution in [2.24, 2.45) is 5.41 Å². The number of aliphatic hydroxyl groups excluding tert-OH is 3. The number of hydrogen-bond acceptors (Lipinski definition) is 12. The smallest absolute Gasteiger partial charge is 0.355 e. The summed E-state index contributed by atoms with van der Waals surface area (Å²) in [6.45, 7) is 1.50. The number of carboxylic acids is 1. The molecule has 7 N–H and O–H groups in total. The van der Waals surface area contributed by atoms with Gasteiger partial charge in [0.25, 0.3) is 5.60 Å². The molecule has 2 saturated carbocycles. The minimum absolute atomic E-state index is 0.0778. The Bertz CT molecular complexity index is 1960. The van der Waals surface area contributed by atoms with Crippen LogP contribution in [-0.2, 0) is 25.5 Å². The third-order valence-electron chi connectivity index (χ3n) is 10.1. The van der Waals surface area contributed by atoms with Crippen LogP contribution in [0.15, 0.2) is 23.3 Å². The van der Waals surface area contributed by atoms with Crippen molar-refractivity contribution in [3.05, 3.63) is 56.1 Å². The van der Waals surface area contributed by atoms with Crippen LogP contribution < -0.4 is 4.74 Å². The number of aliphatic hydroxyl groups is 3. The summed E-state index contributed by atoms with van der Waals surface area (Å²) in [5.41, 5.74) is -9.37. The maximum absolute atomic E-state index is 14.5. The fourth-order valence-electron chi connectivity index (χ4n) is 8.23. The zero-order valence-electron chi connectivity index (χ0n) is 22.5. The molecule has 14 heteroatoms. The maximum atomic E-state index is 14.5. The Morgan fingerprint density at radius 1 is 0.977 bits per heavy atom. The molecule has 226 valence electrons. The van der Waals surface area contributed by atoms with Gasteiger partial charge in [0.2, 0.25) is 0 Å². The Labute approximate surface area is 250 Å². The van der Waals surface area contributed by atoms with E-state index in [0.29, 0.717) is 0 Å². The van der Waals surface area contributed by atoms with Gasteiger partial charge in [-0.15, -0.1) is 0 Å². The number of halogens is 1. The van der Waals surface area contributed by atoms with Gasteiger partial charge in [-0.1, -0.05) is 11.6 Å². The number of carbonyl (C=O) groups is 4. The number of ketones is 3. The molecule has 2 aromatic carbocycles. The van der Waals surface area contributed by atoms with E-state index in [1.165, 1.54) is 6.92 Å². The maximum Gasteiger partial charge on any atom is 0.355 e. The third-order valence-corrected chi connectivity index (χ3v) is 10.6. The van der Waals surface area contributed by atoms with Crippen molar-refractivity contribution in [1.82, 2.24) is 0 Å². The summed E-state index contributed by atoms with van der Waals surface area (Å²) in [4.78, 5) is 54.6. The standard InChI is InChI=1S/C30H21ClO13/c1-28-17-12-7(19(31)22(38)15-21(37)16-10(34)4-5-11(35)30(16,27(41)42)43-24(12)15)6-29(26(28)44-28)18(23(17)39)20(36)13-8(32)2-3-9(33)14(13)25(29)40/h2-3,11,17,26,32-33,35-38H,4-6H2,1H3,(H,41,42). The van der Waals surface area contributed by atoms with Crippen molar-refractivity contribution in [1.29, 1.82) is 0 Å². The molecule has 0 amide bonds. The number of phenols is 3. The van der Waals surface area contributed by atoms with Crippen molar-refractivity contribution in [2.75, 3.05) is 0 Å². The average molecular weight is 625 g/mol. The number of phenolic OH excluding ortho intramolecular Hbond substituents is 3. The first-order valence-electron chi connectivity index (χ1n) is 13.6. The fourth-order valence-corrected chi connectivity index (χ4v) is 8.49. The van der Waals surface area contributed by atoms with E-state index in [2.05, 4.69) is 0 Å². The number of ether oxygens (including phenoxy) is 2. The first-order valence-corrected chi connectivity index (χ1v) is 13.9. The highest BCUT2D eigenvalue weighted by molar-refractivity contribution is 6.34. The number of carboxylic acid groups (broad SMARTS) is 1. The number of aromatic hydroxyl groups is 3. The summed E-state index contributed by atoms with van der Waals surface area (Å²) in [5.74, 6) is -10.3. The number of aliphatic carboxylic acids is 1. The summed E-state index contributed by atoms with van der Waals surface area (Å²) >= 11 is 6.68. The molecule has 2 heterocycles. The lowest BCUT2D eigenvalue weighted by Crippen LogP contribution is -2.61. The predicted molar refractivity (Wildman–Crippen MR) is 145 cm³/mol. The van der Waals surface area contributed by atoms with E-state index in [0.717, 1.165) is 12.1 Å². The average Bonchev–Trinajstić information content (AvgIpc) is 3.69. The van der Waals surface area contributed by atoms with Crippen molar-refractivity contribution in [2.45, 2.75) is 55.5 Å². The number of epoxide rings is 1. The van der Waals surface area contributed by atoms with Gasteiger partial charge in [-0.25, -0.2) is 4.79 Å². The number of Topliss-reactive ketones (excluding diaryl/α,β-unsaturated/α-hetero) is 3. The van der Waals surface area contributed by atoms with Gasteiger partial charge in [0.1, 0.15) is 57.9 Å². The Balaban J connectivity index is 1.50. The summed E-state index contributed by atoms with van der Waals surface area (Å²) in [5, 5.41) is 76.3. The molecule has 0 radical (unpaired) electrons. The van der Waals surface area contributed by atoms with Crippen LogP contribution in [0.4, 0.5) is 0 Å². The molecule has 1 spiro atoms. The molecule has 13 nitrogen and oxygen atoms in total. The van der Waals surface area contributed by atoms with Crippen molar-refractivity contribution >= 4 is 46.4 Å². The predicted octanol–water partition coefficient (Wildman–Crippen LogP) is 2.20. The topological polar surface area (TPSA) is 232 Å². The normalized spacial score (nSPS) is 34.2. The number of carbonyl (C=O) groups excluding carboxylic acids is 3. The van der Waals surface area contributed by atoms with Gasteiger partial charge in [0, 0.05) is 12.0 Å². The molecular formula is C30H21ClO13. The summed E-state index contributed by atoms with van der Waals surface area (Å²) in [6, 6.07) is 2.08. The summed E-state index contributed by atoms with van der Waals surface area (Å²) < 4.78 is 12.0. The Hall–Kier alpha value is -4.59. The van der Waals surface area contributed by atoms with Gasteiger partial charge in [-0.05, 0) is 37.5 Å². The monoisotopic (exact) mass is 624 g/mol. The van der Waals surface area contributed by atoms with E-state index >= 15 is 0 Å². The first kappa shape index (κ1) is 27.0. The van der Waals surface area contributed by atoms with Crippen LogP contribution in [0.2, 0.25) is 5.02 Å². The van der Waals surface area contributed by atoms with Crippen molar-refractivity contribution in [3.63, 3.8) is 0 Å². The van der Waals surface area contributed by atoms with Gasteiger partial charge < -0.3 is 45.2 Å². The van der Waals surface area contributed by atoms with Crippen LogP contribution in [0.3, 0.4) is 0 Å². The lowest BCUT2D eigenvalue weighted by molar-refractivity contribution is -0.166. The molecule has 2 bridgehead atoms. The highest BCUT2D eigenvalue weighted by Crippen LogP contribution is 2.72. The summed E-state index contributed by atoms with van der Waals surface area (Å²) in [7, 11) is 0. The first-order chi connectivity index (χ1) is 20.7. The van der Waals surface area contributed by atoms with Crippen LogP contribution in [-0.4, -0.2) is 82.5 Å². The van der Waals surface area contributed by atoms with Crippen LogP contribution >= 0.6 is 11.6 Å². The largest absolute Gasteiger partial charge is 0.507 e. The van der Waals surface area contributed by atoms with Gasteiger partial charge in [0.15, 0.2) is 17.3 Å². The van der Waals surface area contributed by atoms with Gasteiger partial charge in [-0.2, -0.15) is 0 Å². The quantitative estimate of drug-likeness (QED) is 0.178. The molecule has 44 heavy (non-hydrogen) atoms. The molecule has 2 aromatic rings. The third kappa shape index (κ3) is 2.59. The molecule has 6 unspecified atom stereocenters. The SMILES string of the molecule is CC12OC1C13Cc4c(Cl)c(O)c5c(c4C2C(=O)C1=C(O)c1c(O)ccc(O)c1C3=O)OC1(C(=O)O)C(=C5O)C(=O)CCC1O. The van der Waals surface area contributed by atoms with Gasteiger partial charge in [-0.3, -0.25) is 14.4 Å². The second-order valence-electron chi connectivity index (χ2n) is 12.1. The van der Waals surface area contributed by atoms with E-state index in [1.807, 2.05) is 0 Å². The number of fused-ring (bicyclic) bond motifs is 3. The van der Waals surface area contributed by atoms with E-state index < -0.39 is 132 Å². The molecule has 0 aromatic heterocycles. The second kappa shape index (κ2) is 7.73. The molecule has 5 aliphatic carbocycles. The van der Waals surface area contributed by atoms with Crippen LogP contribution in [0.1, 0.15) is 58.3 Å². The molecular weight excluding hydrogens is 604 g/mol. The van der Waals surface area contributed by atoms with Crippen LogP contribution in [0.25, 0.3) is 11.5 Å². The van der Waals surface area contributed by atoms with E-state index in [9.17, 15) is 54.9 Å². The van der Waals surface area contributed by atoms with Gasteiger partial charge >= 0.3 is 5.97 Å². The molecule has 2 aliphatic heterocycles. The van der Waals surface area contributed by atoms with Crippen molar-refractivity contribution in [3.8, 4) is 23.0 Å². The minimum atomic E-state index is -2.82. The number of benzene rings is 2. The van der Waals surface area contributed by atoms with E-state index in [-0.39, 0.29) is 24.0 Å². The molecule has 9 rings (SSSR count). The zero-order valence-corrected chi connectivity index (χ0v) is 23.2. The molecule has 1 saturated heterocycles. The summed E-state index contributed by atoms with van der Waals surface area (Å²) in [6.07, 6.45) is -4.16. The van der Waals surface area contributed by atoms with Crippen LogP contribution in [0.5, 0.6) is 23.0 Å². The van der Waals surface area contributed by atoms with Crippen LogP contribution in [0, 0.1) is 5.41 Å². The molecule has 6 atom stereocenters. The Morgan fingerprint density at radius 3 is 2.27 bits per heavy atom. The number of hydrogen-bond donors (Lipinski definition) is 7.